The molecule has 2 aromatic rings. The molecule has 0 heterocycles. The van der Waals surface area contributed by atoms with E-state index in [-0.39, 0.29) is 5.75 Å². The van der Waals surface area contributed by atoms with Crippen molar-refractivity contribution in [3.8, 4) is 5.75 Å². The van der Waals surface area contributed by atoms with Crippen LogP contribution in [0.1, 0.15) is 31.9 Å². The van der Waals surface area contributed by atoms with Gasteiger partial charge in [-0.25, -0.2) is 9.18 Å². The second-order valence-corrected chi connectivity index (χ2v) is 7.71. The van der Waals surface area contributed by atoms with Crippen LogP contribution in [0.15, 0.2) is 47.5 Å². The molecular formula is C22H29FN4O3. The number of guanidine groups is 1. The molecule has 2 aromatic carbocycles. The Kier molecular flexibility index (Phi) is 8.03. The summed E-state index contributed by atoms with van der Waals surface area (Å²) >= 11 is 0. The van der Waals surface area contributed by atoms with Crippen molar-refractivity contribution >= 4 is 17.7 Å². The number of nitrogens with zero attached hydrogens (tertiary/aromatic N) is 1. The number of nitrogens with one attached hydrogen (secondary N) is 3. The lowest BCUT2D eigenvalue weighted by molar-refractivity contribution is 0.0636. The molecule has 2 rings (SSSR count). The third-order valence-electron chi connectivity index (χ3n) is 4.00. The molecule has 0 fully saturated rings. The number of amides is 1. The van der Waals surface area contributed by atoms with Crippen LogP contribution in [0.3, 0.4) is 0 Å². The predicted molar refractivity (Wildman–Crippen MR) is 116 cm³/mol. The SMILES string of the molecule is CN=C(NCCc1ccc(NC(=O)OC(C)(C)C)cc1)NCc1ccc(O)c(F)c1. The Morgan fingerprint density at radius 1 is 1.10 bits per heavy atom. The molecule has 30 heavy (non-hydrogen) atoms. The highest BCUT2D eigenvalue weighted by Crippen LogP contribution is 2.16. The fourth-order valence-electron chi connectivity index (χ4n) is 2.57. The standard InChI is InChI=1S/C22H29FN4O3/c1-22(2,3)30-21(29)27-17-8-5-15(6-9-17)11-12-25-20(24-4)26-14-16-7-10-19(28)18(23)13-16/h5-10,13,28H,11-12,14H2,1-4H3,(H,27,29)(H2,24,25,26). The zero-order valence-electron chi connectivity index (χ0n) is 17.8. The number of carbonyl (C=O) groups excluding carboxylic acids is 1. The second kappa shape index (κ2) is 10.5. The molecule has 0 radical (unpaired) electrons. The molecule has 7 nitrogen and oxygen atoms in total. The first-order valence-electron chi connectivity index (χ1n) is 9.67. The second-order valence-electron chi connectivity index (χ2n) is 7.71. The Balaban J connectivity index is 1.76. The zero-order chi connectivity index (χ0) is 22.1. The molecule has 0 aromatic heterocycles. The molecule has 0 spiro atoms. The number of phenolic OH excluding ortho intramolecular Hbond substituents is 1. The Labute approximate surface area is 176 Å². The van der Waals surface area contributed by atoms with E-state index in [2.05, 4.69) is 20.9 Å². The van der Waals surface area contributed by atoms with Crippen LogP contribution in [0.5, 0.6) is 5.75 Å². The van der Waals surface area contributed by atoms with Gasteiger partial charge in [-0.15, -0.1) is 0 Å². The van der Waals surface area contributed by atoms with Gasteiger partial charge < -0.3 is 20.5 Å². The summed E-state index contributed by atoms with van der Waals surface area (Å²) in [7, 11) is 1.66. The van der Waals surface area contributed by atoms with E-state index in [0.29, 0.717) is 30.3 Å². The number of hydrogen-bond donors (Lipinski definition) is 4. The predicted octanol–water partition coefficient (Wildman–Crippen LogP) is 3.79. The zero-order valence-corrected chi connectivity index (χ0v) is 17.8. The number of rotatable bonds is 6. The lowest BCUT2D eigenvalue weighted by Gasteiger charge is -2.19. The summed E-state index contributed by atoms with van der Waals surface area (Å²) in [5.74, 6) is -0.429. The lowest BCUT2D eigenvalue weighted by Crippen LogP contribution is -2.37. The van der Waals surface area contributed by atoms with Gasteiger partial charge in [-0.05, 0) is 62.6 Å². The molecule has 0 aliphatic carbocycles. The summed E-state index contributed by atoms with van der Waals surface area (Å²) in [5.41, 5.74) is 1.91. The van der Waals surface area contributed by atoms with Crippen molar-refractivity contribution in [2.24, 2.45) is 4.99 Å². The monoisotopic (exact) mass is 416 g/mol. The van der Waals surface area contributed by atoms with Gasteiger partial charge >= 0.3 is 6.09 Å². The van der Waals surface area contributed by atoms with Gasteiger partial charge in [0.05, 0.1) is 0 Å². The Morgan fingerprint density at radius 3 is 2.37 bits per heavy atom. The minimum Gasteiger partial charge on any atom is -0.505 e. The van der Waals surface area contributed by atoms with E-state index in [1.165, 1.54) is 12.1 Å². The number of anilines is 1. The van der Waals surface area contributed by atoms with Crippen molar-refractivity contribution in [1.82, 2.24) is 10.6 Å². The molecule has 0 aliphatic heterocycles. The molecule has 4 N–H and O–H groups in total. The number of aromatic hydroxyl groups is 1. The molecular weight excluding hydrogens is 387 g/mol. The van der Waals surface area contributed by atoms with Crippen LogP contribution >= 0.6 is 0 Å². The molecule has 0 unspecified atom stereocenters. The van der Waals surface area contributed by atoms with E-state index in [9.17, 15) is 14.3 Å². The van der Waals surface area contributed by atoms with Gasteiger partial charge in [0.15, 0.2) is 17.5 Å². The molecule has 0 aliphatic rings. The number of benzene rings is 2. The van der Waals surface area contributed by atoms with Crippen LogP contribution in [0.2, 0.25) is 0 Å². The average molecular weight is 416 g/mol. The number of carbonyl (C=O) groups is 1. The molecule has 0 atom stereocenters. The van der Waals surface area contributed by atoms with Crippen LogP contribution < -0.4 is 16.0 Å². The third-order valence-corrected chi connectivity index (χ3v) is 4.00. The summed E-state index contributed by atoms with van der Waals surface area (Å²) < 4.78 is 18.6. The van der Waals surface area contributed by atoms with E-state index in [0.717, 1.165) is 12.0 Å². The number of halogens is 1. The van der Waals surface area contributed by atoms with Crippen molar-refractivity contribution in [2.45, 2.75) is 39.3 Å². The van der Waals surface area contributed by atoms with E-state index in [4.69, 9.17) is 4.74 Å². The first-order chi connectivity index (χ1) is 14.2. The van der Waals surface area contributed by atoms with Gasteiger partial charge in [0.25, 0.3) is 0 Å². The maximum Gasteiger partial charge on any atom is 0.412 e. The van der Waals surface area contributed by atoms with Gasteiger partial charge in [-0.1, -0.05) is 18.2 Å². The van der Waals surface area contributed by atoms with Gasteiger partial charge in [0.1, 0.15) is 5.60 Å². The van der Waals surface area contributed by atoms with E-state index < -0.39 is 17.5 Å². The van der Waals surface area contributed by atoms with E-state index in [1.54, 1.807) is 13.1 Å². The summed E-state index contributed by atoms with van der Waals surface area (Å²) in [6, 6.07) is 11.8. The molecule has 0 saturated heterocycles. The van der Waals surface area contributed by atoms with Gasteiger partial charge in [0.2, 0.25) is 0 Å². The van der Waals surface area contributed by atoms with Crippen LogP contribution in [-0.2, 0) is 17.7 Å². The Bertz CT molecular complexity index is 877. The number of aliphatic imine (C=N–C) groups is 1. The van der Waals surface area contributed by atoms with Crippen LogP contribution in [0, 0.1) is 5.82 Å². The van der Waals surface area contributed by atoms with Crippen molar-refractivity contribution < 1.29 is 19.0 Å². The molecule has 1 amide bonds. The highest BCUT2D eigenvalue weighted by atomic mass is 19.1. The summed E-state index contributed by atoms with van der Waals surface area (Å²) in [6.45, 7) is 6.46. The quantitative estimate of drug-likeness (QED) is 0.425. The Hall–Kier alpha value is -3.29. The smallest absolute Gasteiger partial charge is 0.412 e. The summed E-state index contributed by atoms with van der Waals surface area (Å²) in [5, 5.41) is 18.2. The lowest BCUT2D eigenvalue weighted by atomic mass is 10.1. The summed E-state index contributed by atoms with van der Waals surface area (Å²) in [4.78, 5) is 15.9. The van der Waals surface area contributed by atoms with Crippen molar-refractivity contribution in [3.63, 3.8) is 0 Å². The normalized spacial score (nSPS) is 11.7. The highest BCUT2D eigenvalue weighted by Gasteiger charge is 2.16. The molecule has 8 heteroatoms. The third kappa shape index (κ3) is 7.98. The van der Waals surface area contributed by atoms with Crippen LogP contribution in [0.25, 0.3) is 0 Å². The fraction of sp³-hybridized carbons (Fsp3) is 0.364. The topological polar surface area (TPSA) is 95.0 Å². The van der Waals surface area contributed by atoms with Gasteiger partial charge in [0, 0.05) is 25.8 Å². The molecule has 0 bridgehead atoms. The van der Waals surface area contributed by atoms with Gasteiger partial charge in [-0.3, -0.25) is 10.3 Å². The van der Waals surface area contributed by atoms with E-state index in [1.807, 2.05) is 45.0 Å². The molecule has 162 valence electrons. The van der Waals surface area contributed by atoms with E-state index >= 15 is 0 Å². The minimum absolute atomic E-state index is 0.367. The van der Waals surface area contributed by atoms with Crippen LogP contribution in [0.4, 0.5) is 14.9 Å². The average Bonchev–Trinajstić information content (AvgIpc) is 2.67. The van der Waals surface area contributed by atoms with Crippen molar-refractivity contribution in [1.29, 1.82) is 0 Å². The highest BCUT2D eigenvalue weighted by molar-refractivity contribution is 5.84. The van der Waals surface area contributed by atoms with Gasteiger partial charge in [-0.2, -0.15) is 0 Å². The first-order valence-corrected chi connectivity index (χ1v) is 9.67. The number of ether oxygens (including phenoxy) is 1. The number of phenols is 1. The summed E-state index contributed by atoms with van der Waals surface area (Å²) in [6.07, 6.45) is 0.265. The first kappa shape index (κ1) is 23.0. The van der Waals surface area contributed by atoms with Crippen LogP contribution in [-0.4, -0.2) is 36.4 Å². The maximum absolute atomic E-state index is 13.4. The van der Waals surface area contributed by atoms with Crippen molar-refractivity contribution in [2.75, 3.05) is 18.9 Å². The largest absolute Gasteiger partial charge is 0.505 e. The van der Waals surface area contributed by atoms with Crippen molar-refractivity contribution in [3.05, 3.63) is 59.4 Å². The Morgan fingerprint density at radius 2 is 1.77 bits per heavy atom. The molecule has 0 saturated carbocycles. The minimum atomic E-state index is -0.651. The fourth-order valence-corrected chi connectivity index (χ4v) is 2.57. The maximum atomic E-state index is 13.4. The number of hydrogen-bond acceptors (Lipinski definition) is 4.